The first kappa shape index (κ1) is 22.7. The molecule has 0 saturated carbocycles. The first-order valence-corrected chi connectivity index (χ1v) is 10.5. The van der Waals surface area contributed by atoms with E-state index >= 15 is 0 Å². The van der Waals surface area contributed by atoms with Crippen LogP contribution in [0.1, 0.15) is 48.1 Å². The molecule has 160 valence electrons. The maximum absolute atomic E-state index is 12.4. The van der Waals surface area contributed by atoms with Crippen LogP contribution in [0.25, 0.3) is 0 Å². The van der Waals surface area contributed by atoms with Gasteiger partial charge in [-0.15, -0.1) is 0 Å². The molecule has 0 radical (unpaired) electrons. The van der Waals surface area contributed by atoms with Crippen LogP contribution in [0.5, 0.6) is 0 Å². The standard InChI is InChI=1S/C28H30O3/c1-21-11-15-23(16-12-21)26(3,4)27(30,19-8-20-29)28(31,24-9-6-5-7-10-24)25-17-13-22(2)14-18-25/h5-18,30-31H,19H2,1-4H3. The lowest BCUT2D eigenvalue weighted by atomic mass is 9.57. The fourth-order valence-electron chi connectivity index (χ4n) is 4.37. The van der Waals surface area contributed by atoms with E-state index in [0.717, 1.165) is 16.7 Å². The number of aryl methyl sites for hydroxylation is 2. The quantitative estimate of drug-likeness (QED) is 0.534. The van der Waals surface area contributed by atoms with E-state index in [4.69, 9.17) is 0 Å². The van der Waals surface area contributed by atoms with Gasteiger partial charge in [-0.05, 0) is 30.5 Å². The van der Waals surface area contributed by atoms with Crippen molar-refractivity contribution in [3.63, 3.8) is 0 Å². The van der Waals surface area contributed by atoms with Gasteiger partial charge in [0.25, 0.3) is 0 Å². The number of hydrogen-bond donors (Lipinski definition) is 2. The Balaban J connectivity index is 2.35. The number of hydrogen-bond acceptors (Lipinski definition) is 3. The number of aliphatic hydroxyl groups is 2. The number of benzene rings is 3. The van der Waals surface area contributed by atoms with Crippen LogP contribution < -0.4 is 0 Å². The third-order valence-electron chi connectivity index (χ3n) is 6.55. The fraction of sp³-hybridized carbons (Fsp3) is 0.286. The minimum absolute atomic E-state index is 0.0728. The molecule has 0 spiro atoms. The van der Waals surface area contributed by atoms with Crippen molar-refractivity contribution in [3.8, 4) is 0 Å². The van der Waals surface area contributed by atoms with Crippen molar-refractivity contribution < 1.29 is 15.0 Å². The molecule has 3 aromatic carbocycles. The van der Waals surface area contributed by atoms with Crippen molar-refractivity contribution >= 4 is 5.94 Å². The van der Waals surface area contributed by atoms with Crippen LogP contribution >= 0.6 is 0 Å². The first-order valence-electron chi connectivity index (χ1n) is 10.5. The highest BCUT2D eigenvalue weighted by atomic mass is 16.4. The lowest BCUT2D eigenvalue weighted by molar-refractivity contribution is -0.169. The van der Waals surface area contributed by atoms with Crippen LogP contribution in [0.2, 0.25) is 0 Å². The lowest BCUT2D eigenvalue weighted by Crippen LogP contribution is -2.62. The molecule has 0 bridgehead atoms. The van der Waals surface area contributed by atoms with Gasteiger partial charge in [0.05, 0.1) is 0 Å². The highest BCUT2D eigenvalue weighted by molar-refractivity contribution is 5.49. The highest BCUT2D eigenvalue weighted by Crippen LogP contribution is 2.51. The average molecular weight is 415 g/mol. The third kappa shape index (κ3) is 3.88. The maximum atomic E-state index is 12.4. The van der Waals surface area contributed by atoms with E-state index < -0.39 is 16.6 Å². The molecule has 0 saturated heterocycles. The summed E-state index contributed by atoms with van der Waals surface area (Å²) in [6, 6.07) is 24.6. The smallest absolute Gasteiger partial charge is 0.144 e. The molecule has 3 aromatic rings. The number of carbonyl (C=O) groups excluding carboxylic acids is 1. The van der Waals surface area contributed by atoms with Crippen molar-refractivity contribution in [2.24, 2.45) is 0 Å². The monoisotopic (exact) mass is 414 g/mol. The molecular formula is C28H30O3. The molecule has 0 fully saturated rings. The molecule has 3 nitrogen and oxygen atoms in total. The van der Waals surface area contributed by atoms with Gasteiger partial charge in [-0.2, -0.15) is 0 Å². The Bertz CT molecular complexity index is 1060. The molecular weight excluding hydrogens is 384 g/mol. The minimum Gasteiger partial charge on any atom is -0.385 e. The van der Waals surface area contributed by atoms with E-state index in [1.54, 1.807) is 18.1 Å². The Labute approximate surface area is 184 Å². The van der Waals surface area contributed by atoms with Crippen molar-refractivity contribution in [1.29, 1.82) is 0 Å². The van der Waals surface area contributed by atoms with Gasteiger partial charge in [0.1, 0.15) is 17.1 Å². The topological polar surface area (TPSA) is 57.5 Å². The Morgan fingerprint density at radius 2 is 1.19 bits per heavy atom. The average Bonchev–Trinajstić information content (AvgIpc) is 2.78. The van der Waals surface area contributed by atoms with Crippen molar-refractivity contribution in [3.05, 3.63) is 113 Å². The van der Waals surface area contributed by atoms with Crippen molar-refractivity contribution in [1.82, 2.24) is 0 Å². The normalized spacial score (nSPS) is 15.4. The summed E-state index contributed by atoms with van der Waals surface area (Å²) in [5.74, 6) is 1.79. The van der Waals surface area contributed by atoms with Gasteiger partial charge in [-0.3, -0.25) is 0 Å². The summed E-state index contributed by atoms with van der Waals surface area (Å²) in [7, 11) is 0. The molecule has 2 N–H and O–H groups in total. The molecule has 2 unspecified atom stereocenters. The van der Waals surface area contributed by atoms with Crippen molar-refractivity contribution in [2.45, 2.75) is 50.7 Å². The second kappa shape index (κ2) is 8.64. The van der Waals surface area contributed by atoms with Gasteiger partial charge >= 0.3 is 0 Å². The molecule has 0 amide bonds. The van der Waals surface area contributed by atoms with Gasteiger partial charge in [0.2, 0.25) is 0 Å². The summed E-state index contributed by atoms with van der Waals surface area (Å²) in [5.41, 5.74) is -0.342. The summed E-state index contributed by atoms with van der Waals surface area (Å²) in [6.07, 6.45) is 1.19. The largest absolute Gasteiger partial charge is 0.385 e. The Kier molecular flexibility index (Phi) is 6.33. The second-order valence-electron chi connectivity index (χ2n) is 8.82. The van der Waals surface area contributed by atoms with Crippen molar-refractivity contribution in [2.75, 3.05) is 0 Å². The van der Waals surface area contributed by atoms with Crippen LogP contribution in [0, 0.1) is 13.8 Å². The summed E-state index contributed by atoms with van der Waals surface area (Å²) in [4.78, 5) is 11.2. The van der Waals surface area contributed by atoms with E-state index in [-0.39, 0.29) is 6.42 Å². The summed E-state index contributed by atoms with van der Waals surface area (Å²) >= 11 is 0. The van der Waals surface area contributed by atoms with E-state index in [1.165, 1.54) is 6.08 Å². The Morgan fingerprint density at radius 1 is 0.742 bits per heavy atom. The van der Waals surface area contributed by atoms with Gasteiger partial charge in [0.15, 0.2) is 0 Å². The summed E-state index contributed by atoms with van der Waals surface area (Å²) < 4.78 is 0. The predicted molar refractivity (Wildman–Crippen MR) is 125 cm³/mol. The predicted octanol–water partition coefficient (Wildman–Crippen LogP) is 5.03. The second-order valence-corrected chi connectivity index (χ2v) is 8.82. The van der Waals surface area contributed by atoms with E-state index in [1.807, 2.05) is 94.4 Å². The van der Waals surface area contributed by atoms with Crippen LogP contribution in [-0.2, 0) is 15.8 Å². The highest BCUT2D eigenvalue weighted by Gasteiger charge is 2.59. The minimum atomic E-state index is -1.79. The van der Waals surface area contributed by atoms with E-state index in [9.17, 15) is 15.0 Å². The Morgan fingerprint density at radius 3 is 1.68 bits per heavy atom. The van der Waals surface area contributed by atoms with Crippen LogP contribution in [0.3, 0.4) is 0 Å². The zero-order chi connectivity index (χ0) is 22.7. The molecule has 31 heavy (non-hydrogen) atoms. The SMILES string of the molecule is Cc1ccc(C(C)(C)C(O)(CC=C=O)C(O)(c2ccccc2)c2ccc(C)cc2)cc1. The maximum Gasteiger partial charge on any atom is 0.144 e. The molecule has 0 aliphatic carbocycles. The van der Waals surface area contributed by atoms with Gasteiger partial charge in [-0.1, -0.05) is 104 Å². The zero-order valence-electron chi connectivity index (χ0n) is 18.6. The summed E-state index contributed by atoms with van der Waals surface area (Å²) in [6.45, 7) is 7.78. The van der Waals surface area contributed by atoms with E-state index in [0.29, 0.717) is 11.1 Å². The molecule has 0 aromatic heterocycles. The molecule has 0 heterocycles. The van der Waals surface area contributed by atoms with Gasteiger partial charge < -0.3 is 10.2 Å². The van der Waals surface area contributed by atoms with Gasteiger partial charge in [-0.25, -0.2) is 4.79 Å². The van der Waals surface area contributed by atoms with Gasteiger partial charge in [0, 0.05) is 17.9 Å². The van der Waals surface area contributed by atoms with Crippen LogP contribution in [0.15, 0.2) is 84.9 Å². The molecule has 3 heteroatoms. The van der Waals surface area contributed by atoms with Crippen LogP contribution in [0.4, 0.5) is 0 Å². The first-order chi connectivity index (χ1) is 14.7. The lowest BCUT2D eigenvalue weighted by Gasteiger charge is -2.53. The third-order valence-corrected chi connectivity index (χ3v) is 6.55. The molecule has 3 rings (SSSR count). The fourth-order valence-corrected chi connectivity index (χ4v) is 4.37. The molecule has 0 aliphatic heterocycles. The molecule has 2 atom stereocenters. The Hall–Kier alpha value is -2.97. The number of rotatable bonds is 7. The zero-order valence-corrected chi connectivity index (χ0v) is 18.6. The molecule has 0 aliphatic rings. The van der Waals surface area contributed by atoms with Crippen LogP contribution in [-0.4, -0.2) is 21.8 Å². The van der Waals surface area contributed by atoms with E-state index in [2.05, 4.69) is 0 Å². The summed E-state index contributed by atoms with van der Waals surface area (Å²) in [5, 5.41) is 24.9.